The molecule has 1 amide bonds. The van der Waals surface area contributed by atoms with Crippen LogP contribution in [0.5, 0.6) is 0 Å². The summed E-state index contributed by atoms with van der Waals surface area (Å²) in [7, 11) is -1.60. The molecule has 2 aliphatic heterocycles. The Bertz CT molecular complexity index is 1670. The number of aromatic nitrogens is 4. The molecule has 210 valence electrons. The number of rotatable bonds is 5. The minimum atomic E-state index is -1.60. The highest BCUT2D eigenvalue weighted by Crippen LogP contribution is 2.25. The molecule has 2 aromatic carbocycles. The van der Waals surface area contributed by atoms with E-state index in [4.69, 9.17) is 5.73 Å². The second-order valence-electron chi connectivity index (χ2n) is 10.8. The van der Waals surface area contributed by atoms with E-state index in [2.05, 4.69) is 25.1 Å². The van der Waals surface area contributed by atoms with Gasteiger partial charge in [0, 0.05) is 55.9 Å². The SMILES string of the molecule is Cc1ccc(S(=O)c2n[nH]n3c2nc(=O)c2ccc(N4CCN(CC(=O)N5CCCC(N)C5)CC4)cc23)c(C)c1. The Labute approximate surface area is 234 Å². The van der Waals surface area contributed by atoms with Crippen molar-refractivity contribution in [3.8, 4) is 0 Å². The summed E-state index contributed by atoms with van der Waals surface area (Å²) in [4.78, 5) is 37.0. The fourth-order valence-electron chi connectivity index (χ4n) is 5.72. The van der Waals surface area contributed by atoms with E-state index >= 15 is 0 Å². The van der Waals surface area contributed by atoms with Crippen molar-refractivity contribution in [2.75, 3.05) is 50.7 Å². The first-order valence-electron chi connectivity index (χ1n) is 13.7. The number of nitrogens with two attached hydrogens (primary N) is 1. The minimum absolute atomic E-state index is 0.0780. The van der Waals surface area contributed by atoms with E-state index in [0.29, 0.717) is 28.9 Å². The number of H-pyrrole nitrogens is 1. The third kappa shape index (κ3) is 5.02. The van der Waals surface area contributed by atoms with Gasteiger partial charge in [0.25, 0.3) is 5.56 Å². The molecule has 2 unspecified atom stereocenters. The van der Waals surface area contributed by atoms with Crippen LogP contribution in [-0.4, -0.2) is 91.6 Å². The van der Waals surface area contributed by atoms with Crippen LogP contribution in [0.1, 0.15) is 24.0 Å². The number of fused-ring (bicyclic) bond motifs is 3. The largest absolute Gasteiger partial charge is 0.369 e. The summed E-state index contributed by atoms with van der Waals surface area (Å²) >= 11 is 0. The zero-order valence-electron chi connectivity index (χ0n) is 22.8. The van der Waals surface area contributed by atoms with Gasteiger partial charge in [-0.3, -0.25) is 14.5 Å². The van der Waals surface area contributed by atoms with Gasteiger partial charge in [0.1, 0.15) is 10.8 Å². The fourth-order valence-corrected chi connectivity index (χ4v) is 6.90. The Balaban J connectivity index is 1.22. The Hall–Kier alpha value is -3.61. The Morgan fingerprint density at radius 2 is 1.90 bits per heavy atom. The molecule has 0 spiro atoms. The van der Waals surface area contributed by atoms with Crippen molar-refractivity contribution < 1.29 is 9.00 Å². The normalized spacial score (nSPS) is 19.4. The van der Waals surface area contributed by atoms with Gasteiger partial charge in [-0.15, -0.1) is 5.10 Å². The maximum absolute atomic E-state index is 13.5. The van der Waals surface area contributed by atoms with Crippen LogP contribution in [0.4, 0.5) is 5.69 Å². The van der Waals surface area contributed by atoms with Crippen molar-refractivity contribution >= 4 is 38.9 Å². The number of piperazine rings is 1. The van der Waals surface area contributed by atoms with Crippen LogP contribution < -0.4 is 16.2 Å². The van der Waals surface area contributed by atoms with E-state index < -0.39 is 10.8 Å². The van der Waals surface area contributed by atoms with E-state index in [1.807, 2.05) is 49.1 Å². The van der Waals surface area contributed by atoms with Gasteiger partial charge >= 0.3 is 0 Å². The number of carbonyl (C=O) groups excluding carboxylic acids is 1. The van der Waals surface area contributed by atoms with E-state index in [0.717, 1.165) is 62.4 Å². The number of piperidine rings is 1. The number of hydrogen-bond donors (Lipinski definition) is 2. The van der Waals surface area contributed by atoms with Crippen molar-refractivity contribution in [1.82, 2.24) is 29.6 Å². The second kappa shape index (κ2) is 10.8. The first kappa shape index (κ1) is 26.6. The number of aromatic amines is 1. The van der Waals surface area contributed by atoms with Crippen LogP contribution in [0, 0.1) is 13.8 Å². The number of benzene rings is 2. The van der Waals surface area contributed by atoms with E-state index in [9.17, 15) is 13.8 Å². The highest BCUT2D eigenvalue weighted by molar-refractivity contribution is 7.85. The number of anilines is 1. The van der Waals surface area contributed by atoms with E-state index in [1.165, 1.54) is 0 Å². The molecular weight excluding hydrogens is 528 g/mol. The van der Waals surface area contributed by atoms with Crippen LogP contribution >= 0.6 is 0 Å². The molecule has 11 nitrogen and oxygen atoms in total. The average Bonchev–Trinajstić information content (AvgIpc) is 3.37. The molecule has 6 rings (SSSR count). The van der Waals surface area contributed by atoms with Crippen molar-refractivity contribution in [3.63, 3.8) is 0 Å². The molecule has 0 bridgehead atoms. The van der Waals surface area contributed by atoms with Gasteiger partial charge < -0.3 is 15.5 Å². The number of amides is 1. The van der Waals surface area contributed by atoms with Gasteiger partial charge in [-0.2, -0.15) is 4.98 Å². The van der Waals surface area contributed by atoms with E-state index in [-0.39, 0.29) is 28.2 Å². The Kier molecular flexibility index (Phi) is 7.15. The molecule has 0 radical (unpaired) electrons. The van der Waals surface area contributed by atoms with Crippen molar-refractivity contribution in [2.45, 2.75) is 42.7 Å². The van der Waals surface area contributed by atoms with Gasteiger partial charge in [0.2, 0.25) is 5.91 Å². The van der Waals surface area contributed by atoms with Gasteiger partial charge in [0.15, 0.2) is 10.7 Å². The van der Waals surface area contributed by atoms with Gasteiger partial charge in [-0.1, -0.05) is 17.7 Å². The highest BCUT2D eigenvalue weighted by Gasteiger charge is 2.26. The monoisotopic (exact) mass is 562 g/mol. The van der Waals surface area contributed by atoms with Crippen LogP contribution in [0.25, 0.3) is 16.6 Å². The average molecular weight is 563 g/mol. The summed E-state index contributed by atoms with van der Waals surface area (Å²) in [5.74, 6) is 0.150. The molecule has 2 saturated heterocycles. The number of aryl methyl sites for hydroxylation is 2. The lowest BCUT2D eigenvalue weighted by Crippen LogP contribution is -2.52. The zero-order chi connectivity index (χ0) is 28.0. The lowest BCUT2D eigenvalue weighted by Gasteiger charge is -2.37. The topological polar surface area (TPSA) is 133 Å². The molecule has 0 aliphatic carbocycles. The maximum Gasteiger partial charge on any atom is 0.281 e. The number of nitrogens with zero attached hydrogens (tertiary/aromatic N) is 6. The van der Waals surface area contributed by atoms with Crippen LogP contribution in [0.15, 0.2) is 51.1 Å². The molecule has 2 aliphatic rings. The Morgan fingerprint density at radius 3 is 2.65 bits per heavy atom. The summed E-state index contributed by atoms with van der Waals surface area (Å²) in [6.45, 7) is 8.78. The lowest BCUT2D eigenvalue weighted by molar-refractivity contribution is -0.133. The van der Waals surface area contributed by atoms with Crippen LogP contribution in [-0.2, 0) is 15.6 Å². The van der Waals surface area contributed by atoms with Crippen LogP contribution in [0.2, 0.25) is 0 Å². The summed E-state index contributed by atoms with van der Waals surface area (Å²) in [6, 6.07) is 11.5. The zero-order valence-corrected chi connectivity index (χ0v) is 23.6. The first-order chi connectivity index (χ1) is 19.3. The summed E-state index contributed by atoms with van der Waals surface area (Å²) in [6.07, 6.45) is 1.95. The van der Waals surface area contributed by atoms with Crippen molar-refractivity contribution in [1.29, 1.82) is 0 Å². The molecule has 4 aromatic rings. The molecule has 2 fully saturated rings. The molecule has 3 N–H and O–H groups in total. The predicted octanol–water partition coefficient (Wildman–Crippen LogP) is 1.43. The fraction of sp³-hybridized carbons (Fsp3) is 0.429. The molecule has 4 heterocycles. The predicted molar refractivity (Wildman–Crippen MR) is 154 cm³/mol. The Morgan fingerprint density at radius 1 is 1.10 bits per heavy atom. The van der Waals surface area contributed by atoms with E-state index in [1.54, 1.807) is 10.6 Å². The standard InChI is InChI=1S/C28H34N8O3S/c1-18-5-8-24(19(2)14-18)40(39)28-26-30-27(38)22-7-6-21(15-23(22)36(26)32-31-28)34-12-10-33(11-13-34)17-25(37)35-9-3-4-20(29)16-35/h5-8,14-15,20,32H,3-4,9-13,16-17,29H2,1-2H3. The second-order valence-corrected chi connectivity index (χ2v) is 12.2. The minimum Gasteiger partial charge on any atom is -0.369 e. The smallest absolute Gasteiger partial charge is 0.281 e. The van der Waals surface area contributed by atoms with Crippen molar-refractivity contribution in [3.05, 3.63) is 57.9 Å². The van der Waals surface area contributed by atoms with Gasteiger partial charge in [-0.05, 0) is 56.5 Å². The number of hydrogen-bond acceptors (Lipinski definition) is 8. The van der Waals surface area contributed by atoms with Gasteiger partial charge in [-0.25, -0.2) is 13.9 Å². The maximum atomic E-state index is 13.5. The molecule has 0 saturated carbocycles. The quantitative estimate of drug-likeness (QED) is 0.373. The molecule has 40 heavy (non-hydrogen) atoms. The first-order valence-corrected chi connectivity index (χ1v) is 14.8. The summed E-state index contributed by atoms with van der Waals surface area (Å²) in [5, 5.41) is 7.93. The molecule has 12 heteroatoms. The number of carbonyl (C=O) groups is 1. The molecule has 2 aromatic heterocycles. The third-order valence-electron chi connectivity index (χ3n) is 7.93. The van der Waals surface area contributed by atoms with Crippen molar-refractivity contribution in [2.24, 2.45) is 5.73 Å². The molecular formula is C28H34N8O3S. The highest BCUT2D eigenvalue weighted by atomic mass is 32.2. The van der Waals surface area contributed by atoms with Gasteiger partial charge in [0.05, 0.1) is 17.4 Å². The third-order valence-corrected chi connectivity index (χ3v) is 9.41. The lowest BCUT2D eigenvalue weighted by atomic mass is 10.1. The summed E-state index contributed by atoms with van der Waals surface area (Å²) in [5.41, 5.74) is 9.49. The number of nitrogens with one attached hydrogen (secondary N) is 1. The molecule has 2 atom stereocenters. The number of likely N-dealkylation sites (tertiary alicyclic amines) is 1. The van der Waals surface area contributed by atoms with Crippen LogP contribution in [0.3, 0.4) is 0 Å². The summed E-state index contributed by atoms with van der Waals surface area (Å²) < 4.78 is 15.1.